The molecule has 6 nitrogen and oxygen atoms in total. The molecule has 0 radical (unpaired) electrons. The van der Waals surface area contributed by atoms with Gasteiger partial charge in [0.15, 0.2) is 0 Å². The fourth-order valence-corrected chi connectivity index (χ4v) is 4.20. The van der Waals surface area contributed by atoms with Crippen LogP contribution >= 0.6 is 0 Å². The molecule has 7 heteroatoms. The van der Waals surface area contributed by atoms with E-state index >= 15 is 0 Å². The molecule has 2 rings (SSSR count). The third kappa shape index (κ3) is 3.85. The predicted octanol–water partition coefficient (Wildman–Crippen LogP) is 1.46. The molecule has 1 saturated heterocycles. The summed E-state index contributed by atoms with van der Waals surface area (Å²) in [5.74, 6) is 1.06. The highest BCUT2D eigenvalue weighted by molar-refractivity contribution is 7.89. The Morgan fingerprint density at radius 3 is 2.62 bits per heavy atom. The zero-order valence-electron chi connectivity index (χ0n) is 12.9. The first kappa shape index (κ1) is 16.5. The highest BCUT2D eigenvalue weighted by Crippen LogP contribution is 2.26. The first-order valence-electron chi connectivity index (χ1n) is 7.30. The van der Waals surface area contributed by atoms with E-state index in [1.54, 1.807) is 20.9 Å². The maximum atomic E-state index is 12.6. The van der Waals surface area contributed by atoms with Crippen molar-refractivity contribution in [3.05, 3.63) is 17.1 Å². The van der Waals surface area contributed by atoms with E-state index in [1.165, 1.54) is 0 Å². The van der Waals surface area contributed by atoms with Crippen LogP contribution in [0.3, 0.4) is 0 Å². The average molecular weight is 316 g/mol. The van der Waals surface area contributed by atoms with Gasteiger partial charge < -0.3 is 14.5 Å². The van der Waals surface area contributed by atoms with Crippen LogP contribution in [0.15, 0.2) is 9.31 Å². The molecule has 1 fully saturated rings. The molecule has 2 N–H and O–H groups in total. The summed E-state index contributed by atoms with van der Waals surface area (Å²) in [7, 11) is -1.81. The molecule has 0 saturated carbocycles. The summed E-state index contributed by atoms with van der Waals surface area (Å²) in [5.41, 5.74) is 0.687. The second kappa shape index (κ2) is 6.91. The normalized spacial score (nSPS) is 19.9. The second-order valence-corrected chi connectivity index (χ2v) is 7.10. The highest BCUT2D eigenvalue weighted by atomic mass is 32.2. The van der Waals surface area contributed by atoms with Crippen LogP contribution in [0.2, 0.25) is 0 Å². The Morgan fingerprint density at radius 1 is 1.24 bits per heavy atom. The Hall–Kier alpha value is -0.890. The molecule has 1 aromatic heterocycles. The summed E-state index contributed by atoms with van der Waals surface area (Å²) < 4.78 is 38.8. The molecule has 0 aliphatic carbocycles. The molecular weight excluding hydrogens is 292 g/mol. The third-order valence-electron chi connectivity index (χ3n) is 3.72. The molecule has 120 valence electrons. The first-order valence-corrected chi connectivity index (χ1v) is 8.78. The number of nitrogens with one attached hydrogen (secondary N) is 2. The van der Waals surface area contributed by atoms with Crippen LogP contribution in [0, 0.1) is 13.8 Å². The van der Waals surface area contributed by atoms with Gasteiger partial charge in [0.25, 0.3) is 0 Å². The van der Waals surface area contributed by atoms with Crippen molar-refractivity contribution in [3.8, 4) is 0 Å². The van der Waals surface area contributed by atoms with Crippen molar-refractivity contribution >= 4 is 10.0 Å². The molecule has 1 unspecified atom stereocenters. The number of rotatable bonds is 6. The van der Waals surface area contributed by atoms with Gasteiger partial charge in [0.2, 0.25) is 10.0 Å². The lowest BCUT2D eigenvalue weighted by Crippen LogP contribution is -2.36. The van der Waals surface area contributed by atoms with Gasteiger partial charge in [-0.3, -0.25) is 0 Å². The summed E-state index contributed by atoms with van der Waals surface area (Å²) >= 11 is 0. The monoisotopic (exact) mass is 316 g/mol. The molecule has 1 aromatic rings. The molecule has 1 atom stereocenters. The molecule has 0 aromatic carbocycles. The van der Waals surface area contributed by atoms with E-state index in [9.17, 15) is 8.42 Å². The van der Waals surface area contributed by atoms with Gasteiger partial charge in [-0.15, -0.1) is 0 Å². The minimum absolute atomic E-state index is 0.0328. The molecular formula is C14H24N2O4S. The van der Waals surface area contributed by atoms with Crippen LogP contribution in [0.1, 0.15) is 36.3 Å². The zero-order chi connectivity index (χ0) is 15.5. The minimum atomic E-state index is -3.59. The van der Waals surface area contributed by atoms with Gasteiger partial charge in [0.05, 0.1) is 6.10 Å². The third-order valence-corrected chi connectivity index (χ3v) is 5.34. The van der Waals surface area contributed by atoms with Gasteiger partial charge in [-0.25, -0.2) is 13.1 Å². The molecule has 1 aliphatic rings. The molecule has 1 aliphatic heterocycles. The fraction of sp³-hybridized carbons (Fsp3) is 0.714. The smallest absolute Gasteiger partial charge is 0.244 e. The van der Waals surface area contributed by atoms with Gasteiger partial charge in [-0.05, 0) is 40.2 Å². The number of ether oxygens (including phenoxy) is 1. The van der Waals surface area contributed by atoms with Crippen molar-refractivity contribution < 1.29 is 17.6 Å². The van der Waals surface area contributed by atoms with E-state index in [0.717, 1.165) is 19.3 Å². The Bertz CT molecular complexity index is 574. The Labute approximate surface area is 126 Å². The van der Waals surface area contributed by atoms with Crippen molar-refractivity contribution in [2.45, 2.75) is 50.7 Å². The van der Waals surface area contributed by atoms with Crippen molar-refractivity contribution in [1.82, 2.24) is 10.0 Å². The Kier molecular flexibility index (Phi) is 5.43. The van der Waals surface area contributed by atoms with Gasteiger partial charge in [-0.2, -0.15) is 0 Å². The number of hydrogen-bond donors (Lipinski definition) is 2. The molecule has 0 spiro atoms. The van der Waals surface area contributed by atoms with Crippen molar-refractivity contribution in [2.75, 3.05) is 20.2 Å². The largest absolute Gasteiger partial charge is 0.465 e. The molecule has 0 amide bonds. The topological polar surface area (TPSA) is 80.6 Å². The summed E-state index contributed by atoms with van der Waals surface area (Å²) in [6.45, 7) is 4.94. The van der Waals surface area contributed by atoms with Crippen LogP contribution in [-0.4, -0.2) is 34.7 Å². The zero-order valence-corrected chi connectivity index (χ0v) is 13.7. The van der Waals surface area contributed by atoms with Crippen LogP contribution in [0.5, 0.6) is 0 Å². The number of furan rings is 1. The summed E-state index contributed by atoms with van der Waals surface area (Å²) in [6.07, 6.45) is 3.00. The van der Waals surface area contributed by atoms with Crippen LogP contribution < -0.4 is 10.0 Å². The average Bonchev–Trinajstić information content (AvgIpc) is 2.73. The maximum Gasteiger partial charge on any atom is 0.244 e. The molecule has 0 bridgehead atoms. The lowest BCUT2D eigenvalue weighted by Gasteiger charge is -2.22. The maximum absolute atomic E-state index is 12.6. The Balaban J connectivity index is 2.15. The lowest BCUT2D eigenvalue weighted by molar-refractivity contribution is 0.0200. The summed E-state index contributed by atoms with van der Waals surface area (Å²) in [6, 6.07) is 0. The van der Waals surface area contributed by atoms with Gasteiger partial charge in [-0.1, -0.05) is 0 Å². The van der Waals surface area contributed by atoms with E-state index in [0.29, 0.717) is 36.8 Å². The summed E-state index contributed by atoms with van der Waals surface area (Å²) in [4.78, 5) is 0.255. The lowest BCUT2D eigenvalue weighted by atomic mass is 10.1. The van der Waals surface area contributed by atoms with Crippen LogP contribution in [-0.2, 0) is 21.3 Å². The van der Waals surface area contributed by atoms with Crippen molar-refractivity contribution in [2.24, 2.45) is 0 Å². The van der Waals surface area contributed by atoms with Crippen LogP contribution in [0.4, 0.5) is 0 Å². The first-order chi connectivity index (χ1) is 9.95. The van der Waals surface area contributed by atoms with E-state index in [-0.39, 0.29) is 11.0 Å². The number of hydrogen-bond acceptors (Lipinski definition) is 5. The van der Waals surface area contributed by atoms with E-state index in [2.05, 4.69) is 10.0 Å². The standard InChI is InChI=1S/C14H24N2O4S/c1-10-13(9-15-3)14(11(2)20-10)21(17,18)16-8-12-6-4-5-7-19-12/h12,15-16H,4-9H2,1-3H3. The fourth-order valence-electron chi connectivity index (χ4n) is 2.69. The van der Waals surface area contributed by atoms with Crippen LogP contribution in [0.25, 0.3) is 0 Å². The quantitative estimate of drug-likeness (QED) is 0.830. The summed E-state index contributed by atoms with van der Waals surface area (Å²) in [5, 5.41) is 2.98. The second-order valence-electron chi connectivity index (χ2n) is 5.39. The van der Waals surface area contributed by atoms with Crippen molar-refractivity contribution in [3.63, 3.8) is 0 Å². The SMILES string of the molecule is CNCc1c(C)oc(C)c1S(=O)(=O)NCC1CCCCO1. The minimum Gasteiger partial charge on any atom is -0.465 e. The predicted molar refractivity (Wildman–Crippen MR) is 79.7 cm³/mol. The van der Waals surface area contributed by atoms with E-state index < -0.39 is 10.0 Å². The van der Waals surface area contributed by atoms with E-state index in [1.807, 2.05) is 0 Å². The van der Waals surface area contributed by atoms with E-state index in [4.69, 9.17) is 9.15 Å². The molecule has 2 heterocycles. The molecule has 21 heavy (non-hydrogen) atoms. The number of aryl methyl sites for hydroxylation is 2. The Morgan fingerprint density at radius 2 is 2.00 bits per heavy atom. The number of sulfonamides is 1. The van der Waals surface area contributed by atoms with Gasteiger partial charge in [0.1, 0.15) is 16.4 Å². The highest BCUT2D eigenvalue weighted by Gasteiger charge is 2.27. The van der Waals surface area contributed by atoms with Crippen molar-refractivity contribution in [1.29, 1.82) is 0 Å². The van der Waals surface area contributed by atoms with Gasteiger partial charge in [0, 0.05) is 25.3 Å². The van der Waals surface area contributed by atoms with Gasteiger partial charge >= 0.3 is 0 Å².